The van der Waals surface area contributed by atoms with Gasteiger partial charge in [0, 0.05) is 23.1 Å². The van der Waals surface area contributed by atoms with E-state index in [1.165, 1.54) is 0 Å². The van der Waals surface area contributed by atoms with Gasteiger partial charge >= 0.3 is 5.97 Å². The fraction of sp³-hybridized carbons (Fsp3) is 0.683. The van der Waals surface area contributed by atoms with Crippen LogP contribution in [0.15, 0.2) is 47.9 Å². The highest BCUT2D eigenvalue weighted by atomic mass is 32.1. The van der Waals surface area contributed by atoms with Crippen molar-refractivity contribution in [3.8, 4) is 0 Å². The smallest absolute Gasteiger partial charge is 0.309 e. The molecular weight excluding hydrogens is 675 g/mol. The molecule has 0 spiro atoms. The molecule has 1 aromatic heterocycles. The third kappa shape index (κ3) is 12.9. The number of carbonyl (C=O) groups excluding carboxylic acids is 2. The standard InChI is InChI=1S/C41H71NO5SSi2/c1-18-23-29(6)24-25-35(31(8)26-34-28-48-33(10)42-34)45-37(43)27-36(46-50(20-3,21-4)22-5)41(14,15)39(44)32(9)38(30(7)19-2)47-49(16,17)40(11,12)13/h18-19,24,26,28,30,32,35-36,38H,1-2,20-23,25,27H2,3-17H3/b29-24-,31-26+/t30-,32+,35-,36-,38-/m0/s1. The first kappa shape index (κ1) is 46.1. The normalized spacial score (nSPS) is 16.7. The van der Waals surface area contributed by atoms with E-state index in [1.54, 1.807) is 11.3 Å². The van der Waals surface area contributed by atoms with Crippen molar-refractivity contribution >= 4 is 45.8 Å². The summed E-state index contributed by atoms with van der Waals surface area (Å²) in [4.78, 5) is 33.4. The Kier molecular flexibility index (Phi) is 18.2. The van der Waals surface area contributed by atoms with Gasteiger partial charge in [0.1, 0.15) is 11.9 Å². The Morgan fingerprint density at radius 3 is 2.04 bits per heavy atom. The van der Waals surface area contributed by atoms with E-state index < -0.39 is 40.2 Å². The monoisotopic (exact) mass is 745 g/mol. The minimum atomic E-state index is -2.24. The van der Waals surface area contributed by atoms with Gasteiger partial charge in [-0.05, 0) is 81.0 Å². The van der Waals surface area contributed by atoms with Gasteiger partial charge in [0.25, 0.3) is 0 Å². The molecule has 6 nitrogen and oxygen atoms in total. The predicted molar refractivity (Wildman–Crippen MR) is 220 cm³/mol. The van der Waals surface area contributed by atoms with Gasteiger partial charge < -0.3 is 13.6 Å². The quantitative estimate of drug-likeness (QED) is 0.0668. The molecular formula is C41H71NO5SSi2. The molecule has 1 heterocycles. The number of allylic oxidation sites excluding steroid dienone is 2. The highest BCUT2D eigenvalue weighted by Crippen LogP contribution is 2.42. The summed E-state index contributed by atoms with van der Waals surface area (Å²) in [5.74, 6) is -0.806. The Hall–Kier alpha value is -1.92. The summed E-state index contributed by atoms with van der Waals surface area (Å²) in [7, 11) is -4.46. The zero-order valence-corrected chi connectivity index (χ0v) is 37.1. The van der Waals surface area contributed by atoms with E-state index in [4.69, 9.17) is 13.6 Å². The summed E-state index contributed by atoms with van der Waals surface area (Å²) in [5, 5.41) is 2.97. The van der Waals surface area contributed by atoms with Crippen molar-refractivity contribution in [1.29, 1.82) is 0 Å². The summed E-state index contributed by atoms with van der Waals surface area (Å²) >= 11 is 1.59. The molecule has 0 unspecified atom stereocenters. The van der Waals surface area contributed by atoms with Gasteiger partial charge in [0.05, 0.1) is 29.3 Å². The molecule has 1 rings (SSSR count). The second-order valence-electron chi connectivity index (χ2n) is 16.3. The van der Waals surface area contributed by atoms with E-state index in [9.17, 15) is 9.59 Å². The fourth-order valence-electron chi connectivity index (χ4n) is 6.03. The summed E-state index contributed by atoms with van der Waals surface area (Å²) in [6.45, 7) is 39.5. The molecule has 0 amide bonds. The highest BCUT2D eigenvalue weighted by Gasteiger charge is 2.49. The van der Waals surface area contributed by atoms with E-state index >= 15 is 0 Å². The molecule has 1 aromatic rings. The number of thiazole rings is 1. The van der Waals surface area contributed by atoms with Crippen LogP contribution in [-0.2, 0) is 23.2 Å². The van der Waals surface area contributed by atoms with E-state index in [1.807, 2.05) is 58.2 Å². The zero-order chi connectivity index (χ0) is 38.7. The number of hydrogen-bond acceptors (Lipinski definition) is 7. The van der Waals surface area contributed by atoms with Crippen LogP contribution in [0.25, 0.3) is 6.08 Å². The molecule has 0 bridgehead atoms. The SMILES string of the molecule is C=CC/C(C)=C\C[C@H](OC(=O)C[C@H](O[Si](CC)(CC)CC)C(C)(C)C(=O)[C@H](C)[C@@H](O[Si](C)(C)C(C)(C)C)[C@@H](C)C=C)/C(C)=C/c1csc(C)n1. The van der Waals surface area contributed by atoms with Crippen molar-refractivity contribution in [3.63, 3.8) is 0 Å². The Bertz CT molecular complexity index is 1330. The maximum absolute atomic E-state index is 14.8. The lowest BCUT2D eigenvalue weighted by molar-refractivity contribution is -0.153. The average Bonchev–Trinajstić information content (AvgIpc) is 3.46. The molecule has 0 saturated heterocycles. The van der Waals surface area contributed by atoms with E-state index in [0.717, 1.165) is 46.4 Å². The summed E-state index contributed by atoms with van der Waals surface area (Å²) in [6, 6.07) is 2.71. The molecule has 284 valence electrons. The van der Waals surface area contributed by atoms with Gasteiger partial charge in [0.15, 0.2) is 16.6 Å². The topological polar surface area (TPSA) is 74.7 Å². The minimum absolute atomic E-state index is 0.0140. The second-order valence-corrected chi connectivity index (χ2v) is 26.8. The van der Waals surface area contributed by atoms with Crippen molar-refractivity contribution in [2.45, 2.75) is 164 Å². The van der Waals surface area contributed by atoms with Crippen LogP contribution >= 0.6 is 11.3 Å². The van der Waals surface area contributed by atoms with Gasteiger partial charge in [0.2, 0.25) is 0 Å². The van der Waals surface area contributed by atoms with Crippen LogP contribution in [0.1, 0.15) is 113 Å². The molecule has 50 heavy (non-hydrogen) atoms. The Balaban J connectivity index is 3.60. The van der Waals surface area contributed by atoms with E-state index in [0.29, 0.717) is 6.42 Å². The Labute approximate surface area is 312 Å². The Morgan fingerprint density at radius 1 is 1.00 bits per heavy atom. The average molecular weight is 746 g/mol. The fourth-order valence-corrected chi connectivity index (χ4v) is 11.0. The van der Waals surface area contributed by atoms with Crippen molar-refractivity contribution in [2.24, 2.45) is 17.3 Å². The number of esters is 1. The lowest BCUT2D eigenvalue weighted by Gasteiger charge is -2.45. The number of ether oxygens (including phenoxy) is 1. The van der Waals surface area contributed by atoms with E-state index in [-0.39, 0.29) is 35.2 Å². The third-order valence-corrected chi connectivity index (χ3v) is 21.0. The number of hydrogen-bond donors (Lipinski definition) is 0. The second kappa shape index (κ2) is 19.8. The van der Waals surface area contributed by atoms with Crippen LogP contribution in [-0.4, -0.2) is 51.7 Å². The van der Waals surface area contributed by atoms with E-state index in [2.05, 4.69) is 92.7 Å². The number of rotatable bonds is 22. The number of ketones is 1. The molecule has 0 aliphatic heterocycles. The molecule has 0 aliphatic rings. The van der Waals surface area contributed by atoms with Gasteiger partial charge in [-0.1, -0.05) is 93.0 Å². The van der Waals surface area contributed by atoms with Crippen molar-refractivity contribution in [3.05, 3.63) is 58.6 Å². The molecule has 0 N–H and O–H groups in total. The maximum Gasteiger partial charge on any atom is 0.309 e. The number of aromatic nitrogens is 1. The predicted octanol–water partition coefficient (Wildman–Crippen LogP) is 11.9. The number of aryl methyl sites for hydroxylation is 1. The van der Waals surface area contributed by atoms with Crippen molar-refractivity contribution in [2.75, 3.05) is 0 Å². The van der Waals surface area contributed by atoms with Crippen LogP contribution < -0.4 is 0 Å². The molecule has 0 aromatic carbocycles. The maximum atomic E-state index is 14.8. The van der Waals surface area contributed by atoms with Crippen LogP contribution in [0.4, 0.5) is 0 Å². The van der Waals surface area contributed by atoms with Crippen LogP contribution in [0, 0.1) is 24.2 Å². The van der Waals surface area contributed by atoms with Gasteiger partial charge in [-0.3, -0.25) is 9.59 Å². The van der Waals surface area contributed by atoms with Crippen molar-refractivity contribution in [1.82, 2.24) is 4.98 Å². The lowest BCUT2D eigenvalue weighted by atomic mass is 9.73. The minimum Gasteiger partial charge on any atom is -0.457 e. The van der Waals surface area contributed by atoms with Gasteiger partial charge in [-0.15, -0.1) is 24.5 Å². The van der Waals surface area contributed by atoms with Crippen molar-refractivity contribution < 1.29 is 23.2 Å². The van der Waals surface area contributed by atoms with Gasteiger partial charge in [-0.25, -0.2) is 4.98 Å². The first-order chi connectivity index (χ1) is 23.0. The van der Waals surface area contributed by atoms with Crippen LogP contribution in [0.2, 0.25) is 36.3 Å². The molecule has 0 radical (unpaired) electrons. The summed E-state index contributed by atoms with van der Waals surface area (Å²) < 4.78 is 20.4. The number of Topliss-reactive ketones (excluding diaryl/α,β-unsaturated/α-hetero) is 1. The van der Waals surface area contributed by atoms with Crippen LogP contribution in [0.3, 0.4) is 0 Å². The summed E-state index contributed by atoms with van der Waals surface area (Å²) in [5.41, 5.74) is 1.95. The highest BCUT2D eigenvalue weighted by molar-refractivity contribution is 7.09. The summed E-state index contributed by atoms with van der Waals surface area (Å²) in [6.07, 6.45) is 7.68. The first-order valence-corrected chi connectivity index (χ1v) is 24.9. The molecule has 0 aliphatic carbocycles. The molecule has 5 atom stereocenters. The van der Waals surface area contributed by atoms with Crippen LogP contribution in [0.5, 0.6) is 0 Å². The molecule has 0 saturated carbocycles. The third-order valence-electron chi connectivity index (χ3n) is 11.1. The first-order valence-electron chi connectivity index (χ1n) is 18.6. The lowest BCUT2D eigenvalue weighted by Crippen LogP contribution is -2.53. The number of carbonyl (C=O) groups is 2. The molecule has 9 heteroatoms. The Morgan fingerprint density at radius 2 is 1.58 bits per heavy atom. The molecule has 0 fully saturated rings. The number of nitrogens with zero attached hydrogens (tertiary/aromatic N) is 1. The zero-order valence-electron chi connectivity index (χ0n) is 34.3. The van der Waals surface area contributed by atoms with Gasteiger partial charge in [-0.2, -0.15) is 0 Å². The largest absolute Gasteiger partial charge is 0.457 e.